The number of rotatable bonds is 3. The van der Waals surface area contributed by atoms with Crippen molar-refractivity contribution in [2.75, 3.05) is 26.3 Å². The second kappa shape index (κ2) is 6.72. The molecule has 0 spiro atoms. The zero-order valence-corrected chi connectivity index (χ0v) is 14.1. The zero-order valence-electron chi connectivity index (χ0n) is 13.4. The van der Waals surface area contributed by atoms with Crippen molar-refractivity contribution >= 4 is 17.5 Å². The van der Waals surface area contributed by atoms with Crippen LogP contribution in [-0.4, -0.2) is 46.9 Å². The van der Waals surface area contributed by atoms with Gasteiger partial charge < -0.3 is 9.64 Å². The normalized spacial score (nSPS) is 15.0. The van der Waals surface area contributed by atoms with E-state index in [2.05, 4.69) is 5.10 Å². The van der Waals surface area contributed by atoms with Gasteiger partial charge in [0.1, 0.15) is 0 Å². The van der Waals surface area contributed by atoms with Gasteiger partial charge in [-0.25, -0.2) is 0 Å². The number of morpholine rings is 1. The summed E-state index contributed by atoms with van der Waals surface area (Å²) in [5.41, 5.74) is 3.59. The van der Waals surface area contributed by atoms with E-state index in [0.717, 1.165) is 17.0 Å². The minimum Gasteiger partial charge on any atom is -0.378 e. The lowest BCUT2D eigenvalue weighted by molar-refractivity contribution is 0.0303. The molecule has 3 rings (SSSR count). The van der Waals surface area contributed by atoms with Crippen LogP contribution in [0.2, 0.25) is 5.02 Å². The van der Waals surface area contributed by atoms with E-state index in [9.17, 15) is 4.79 Å². The van der Waals surface area contributed by atoms with Crippen LogP contribution in [0, 0.1) is 13.8 Å². The fourth-order valence-electron chi connectivity index (χ4n) is 2.70. The zero-order chi connectivity index (χ0) is 16.4. The molecule has 1 aromatic heterocycles. The Morgan fingerprint density at radius 2 is 1.87 bits per heavy atom. The number of carbonyl (C=O) groups excluding carboxylic acids is 1. The van der Waals surface area contributed by atoms with Crippen LogP contribution in [0.25, 0.3) is 0 Å². The Hall–Kier alpha value is -1.85. The Labute approximate surface area is 140 Å². The Morgan fingerprint density at radius 1 is 1.22 bits per heavy atom. The fourth-order valence-corrected chi connectivity index (χ4v) is 2.84. The molecule has 2 aromatic rings. The predicted molar refractivity (Wildman–Crippen MR) is 89.0 cm³/mol. The lowest BCUT2D eigenvalue weighted by Gasteiger charge is -2.26. The highest BCUT2D eigenvalue weighted by atomic mass is 35.5. The van der Waals surface area contributed by atoms with Gasteiger partial charge >= 0.3 is 0 Å². The summed E-state index contributed by atoms with van der Waals surface area (Å²) in [6, 6.07) is 7.69. The van der Waals surface area contributed by atoms with E-state index in [0.29, 0.717) is 43.4 Å². The monoisotopic (exact) mass is 333 g/mol. The van der Waals surface area contributed by atoms with Crippen molar-refractivity contribution in [1.29, 1.82) is 0 Å². The summed E-state index contributed by atoms with van der Waals surface area (Å²) in [4.78, 5) is 14.2. The third kappa shape index (κ3) is 3.41. The number of aromatic nitrogens is 2. The van der Waals surface area contributed by atoms with Gasteiger partial charge in [0.15, 0.2) is 0 Å². The number of ether oxygens (including phenoxy) is 1. The third-order valence-electron chi connectivity index (χ3n) is 4.12. The molecule has 1 saturated heterocycles. The molecule has 0 N–H and O–H groups in total. The highest BCUT2D eigenvalue weighted by Crippen LogP contribution is 2.20. The van der Waals surface area contributed by atoms with Crippen molar-refractivity contribution in [1.82, 2.24) is 14.7 Å². The average Bonchev–Trinajstić information content (AvgIpc) is 2.83. The Morgan fingerprint density at radius 3 is 2.43 bits per heavy atom. The second-order valence-corrected chi connectivity index (χ2v) is 6.12. The smallest absolute Gasteiger partial charge is 0.254 e. The Bertz CT molecular complexity index is 703. The van der Waals surface area contributed by atoms with Crippen molar-refractivity contribution in [3.63, 3.8) is 0 Å². The maximum atomic E-state index is 12.4. The van der Waals surface area contributed by atoms with Crippen LogP contribution < -0.4 is 0 Å². The standard InChI is InChI=1S/C17H20ClN3O2/c1-12-16(18)13(2)21(19-12)11-14-3-5-15(6-4-14)17(22)20-7-9-23-10-8-20/h3-6H,7-11H2,1-2H3. The topological polar surface area (TPSA) is 47.4 Å². The summed E-state index contributed by atoms with van der Waals surface area (Å²) in [6.07, 6.45) is 0. The first kappa shape index (κ1) is 16.0. The molecule has 1 fully saturated rings. The lowest BCUT2D eigenvalue weighted by Crippen LogP contribution is -2.40. The number of amides is 1. The molecular weight excluding hydrogens is 314 g/mol. The first-order chi connectivity index (χ1) is 11.1. The molecule has 1 aliphatic rings. The van der Waals surface area contributed by atoms with Crippen LogP contribution in [0.3, 0.4) is 0 Å². The lowest BCUT2D eigenvalue weighted by atomic mass is 10.1. The molecule has 1 amide bonds. The summed E-state index contributed by atoms with van der Waals surface area (Å²) in [5, 5.41) is 5.14. The predicted octanol–water partition coefficient (Wildman–Crippen LogP) is 2.67. The molecule has 0 radical (unpaired) electrons. The van der Waals surface area contributed by atoms with Crippen LogP contribution in [0.4, 0.5) is 0 Å². The van der Waals surface area contributed by atoms with Crippen LogP contribution in [0.15, 0.2) is 24.3 Å². The largest absolute Gasteiger partial charge is 0.378 e. The molecule has 0 saturated carbocycles. The van der Waals surface area contributed by atoms with Gasteiger partial charge in [-0.05, 0) is 31.5 Å². The van der Waals surface area contributed by atoms with Gasteiger partial charge in [-0.2, -0.15) is 5.10 Å². The molecule has 6 heteroatoms. The van der Waals surface area contributed by atoms with Gasteiger partial charge in [0.05, 0.1) is 36.2 Å². The molecule has 1 aromatic carbocycles. The third-order valence-corrected chi connectivity index (χ3v) is 4.67. The number of nitrogens with zero attached hydrogens (tertiary/aromatic N) is 3. The number of hydrogen-bond donors (Lipinski definition) is 0. The van der Waals surface area contributed by atoms with E-state index in [1.807, 2.05) is 47.7 Å². The van der Waals surface area contributed by atoms with Gasteiger partial charge in [-0.15, -0.1) is 0 Å². The van der Waals surface area contributed by atoms with Gasteiger partial charge in [-0.3, -0.25) is 9.48 Å². The molecule has 0 unspecified atom stereocenters. The van der Waals surface area contributed by atoms with Crippen LogP contribution in [0.5, 0.6) is 0 Å². The van der Waals surface area contributed by atoms with Gasteiger partial charge in [-0.1, -0.05) is 23.7 Å². The first-order valence-corrected chi connectivity index (χ1v) is 8.09. The summed E-state index contributed by atoms with van der Waals surface area (Å²) < 4.78 is 7.17. The van der Waals surface area contributed by atoms with E-state index in [1.165, 1.54) is 0 Å². The minimum absolute atomic E-state index is 0.0639. The van der Waals surface area contributed by atoms with E-state index < -0.39 is 0 Å². The molecule has 0 bridgehead atoms. The molecule has 23 heavy (non-hydrogen) atoms. The molecule has 0 aliphatic carbocycles. The van der Waals surface area contributed by atoms with Crippen molar-refractivity contribution in [3.05, 3.63) is 51.8 Å². The van der Waals surface area contributed by atoms with Crippen molar-refractivity contribution in [2.24, 2.45) is 0 Å². The summed E-state index contributed by atoms with van der Waals surface area (Å²) >= 11 is 6.17. The van der Waals surface area contributed by atoms with Crippen LogP contribution in [0.1, 0.15) is 27.3 Å². The number of carbonyl (C=O) groups is 1. The number of aryl methyl sites for hydroxylation is 1. The molecule has 2 heterocycles. The highest BCUT2D eigenvalue weighted by molar-refractivity contribution is 6.31. The van der Waals surface area contributed by atoms with Gasteiger partial charge in [0, 0.05) is 18.7 Å². The fraction of sp³-hybridized carbons (Fsp3) is 0.412. The van der Waals surface area contributed by atoms with E-state index >= 15 is 0 Å². The van der Waals surface area contributed by atoms with Crippen LogP contribution in [-0.2, 0) is 11.3 Å². The molecule has 0 atom stereocenters. The van der Waals surface area contributed by atoms with Crippen molar-refractivity contribution in [3.8, 4) is 0 Å². The second-order valence-electron chi connectivity index (χ2n) is 5.74. The number of hydrogen-bond acceptors (Lipinski definition) is 3. The Balaban J connectivity index is 1.71. The van der Waals surface area contributed by atoms with E-state index in [1.54, 1.807) is 0 Å². The molecule has 1 aliphatic heterocycles. The quantitative estimate of drug-likeness (QED) is 0.867. The van der Waals surface area contributed by atoms with Crippen molar-refractivity contribution < 1.29 is 9.53 Å². The Kier molecular flexibility index (Phi) is 4.68. The van der Waals surface area contributed by atoms with E-state index in [-0.39, 0.29) is 5.91 Å². The van der Waals surface area contributed by atoms with Crippen LogP contribution >= 0.6 is 11.6 Å². The number of benzene rings is 1. The first-order valence-electron chi connectivity index (χ1n) is 7.71. The van der Waals surface area contributed by atoms with Crippen molar-refractivity contribution in [2.45, 2.75) is 20.4 Å². The average molecular weight is 334 g/mol. The minimum atomic E-state index is 0.0639. The highest BCUT2D eigenvalue weighted by Gasteiger charge is 2.18. The number of halogens is 1. The SMILES string of the molecule is Cc1nn(Cc2ccc(C(=O)N3CCOCC3)cc2)c(C)c1Cl. The summed E-state index contributed by atoms with van der Waals surface area (Å²) in [5.74, 6) is 0.0639. The van der Waals surface area contributed by atoms with E-state index in [4.69, 9.17) is 16.3 Å². The molecule has 5 nitrogen and oxygen atoms in total. The van der Waals surface area contributed by atoms with Gasteiger partial charge in [0.25, 0.3) is 5.91 Å². The maximum Gasteiger partial charge on any atom is 0.254 e. The van der Waals surface area contributed by atoms with Gasteiger partial charge in [0.2, 0.25) is 0 Å². The maximum absolute atomic E-state index is 12.4. The molecular formula is C17H20ClN3O2. The summed E-state index contributed by atoms with van der Waals surface area (Å²) in [6.45, 7) is 7.04. The molecule has 122 valence electrons. The summed E-state index contributed by atoms with van der Waals surface area (Å²) in [7, 11) is 0.